The zero-order valence-corrected chi connectivity index (χ0v) is 15.8. The molecular formula is C21H23NO5. The number of aromatic nitrogens is 1. The molecular weight excluding hydrogens is 346 g/mol. The van der Waals surface area contributed by atoms with Crippen molar-refractivity contribution in [1.29, 1.82) is 0 Å². The maximum Gasteiger partial charge on any atom is 0.355 e. The van der Waals surface area contributed by atoms with E-state index < -0.39 is 5.97 Å². The lowest BCUT2D eigenvalue weighted by Gasteiger charge is -2.24. The first kappa shape index (κ1) is 18.8. The van der Waals surface area contributed by atoms with E-state index in [1.54, 1.807) is 21.1 Å². The van der Waals surface area contributed by atoms with Crippen LogP contribution in [0.4, 0.5) is 0 Å². The van der Waals surface area contributed by atoms with Crippen LogP contribution in [0, 0.1) is 6.92 Å². The third kappa shape index (κ3) is 3.47. The largest absolute Gasteiger partial charge is 0.497 e. The summed E-state index contributed by atoms with van der Waals surface area (Å²) in [6.45, 7) is 5.43. The molecule has 6 nitrogen and oxygen atoms in total. The Morgan fingerprint density at radius 2 is 2.07 bits per heavy atom. The molecule has 0 saturated heterocycles. The summed E-state index contributed by atoms with van der Waals surface area (Å²) in [5.41, 5.74) is 3.23. The molecule has 0 spiro atoms. The van der Waals surface area contributed by atoms with Crippen LogP contribution in [0.3, 0.4) is 0 Å². The quantitative estimate of drug-likeness (QED) is 0.622. The number of hydrogen-bond donors (Lipinski definition) is 1. The fraction of sp³-hybridized carbons (Fsp3) is 0.333. The van der Waals surface area contributed by atoms with E-state index in [0.29, 0.717) is 41.2 Å². The van der Waals surface area contributed by atoms with Gasteiger partial charge >= 0.3 is 5.97 Å². The number of fused-ring (bicyclic) bond motifs is 1. The van der Waals surface area contributed by atoms with Crippen molar-refractivity contribution < 1.29 is 23.8 Å². The lowest BCUT2D eigenvalue weighted by molar-refractivity contribution is 0.0542. The molecule has 0 fully saturated rings. The number of Topliss-reactive ketones (excluding diaryl/α,β-unsaturated/α-hetero) is 1. The molecule has 0 aliphatic heterocycles. The third-order valence-corrected chi connectivity index (χ3v) is 4.90. The van der Waals surface area contributed by atoms with Crippen molar-refractivity contribution >= 4 is 11.8 Å². The SMILES string of the molecule is C=CCOC(=O)c1[nH]c2c(c1C)C(=O)C[C@@H](c1cc(OC)ccc1OC)C2. The summed E-state index contributed by atoms with van der Waals surface area (Å²) in [5.74, 6) is 0.879. The van der Waals surface area contributed by atoms with E-state index in [4.69, 9.17) is 14.2 Å². The Labute approximate surface area is 158 Å². The molecule has 1 heterocycles. The highest BCUT2D eigenvalue weighted by molar-refractivity contribution is 6.03. The van der Waals surface area contributed by atoms with Gasteiger partial charge in [0.15, 0.2) is 5.78 Å². The molecule has 0 radical (unpaired) electrons. The van der Waals surface area contributed by atoms with E-state index in [9.17, 15) is 9.59 Å². The number of H-pyrrole nitrogens is 1. The normalized spacial score (nSPS) is 15.8. The van der Waals surface area contributed by atoms with Crippen LogP contribution >= 0.6 is 0 Å². The van der Waals surface area contributed by atoms with Crippen LogP contribution in [0.5, 0.6) is 11.5 Å². The number of esters is 1. The Hall–Kier alpha value is -3.02. The van der Waals surface area contributed by atoms with Gasteiger partial charge in [-0.1, -0.05) is 12.7 Å². The lowest BCUT2D eigenvalue weighted by atomic mass is 9.81. The van der Waals surface area contributed by atoms with Gasteiger partial charge in [0.25, 0.3) is 0 Å². The molecule has 0 saturated carbocycles. The molecule has 1 aromatic heterocycles. The first-order valence-corrected chi connectivity index (χ1v) is 8.74. The van der Waals surface area contributed by atoms with E-state index in [-0.39, 0.29) is 18.3 Å². The number of carbonyl (C=O) groups excluding carboxylic acids is 2. The van der Waals surface area contributed by atoms with Crippen molar-refractivity contribution in [2.24, 2.45) is 0 Å². The predicted molar refractivity (Wildman–Crippen MR) is 101 cm³/mol. The molecule has 1 atom stereocenters. The molecule has 3 rings (SSSR count). The fourth-order valence-electron chi connectivity index (χ4n) is 3.62. The van der Waals surface area contributed by atoms with E-state index in [1.165, 1.54) is 6.08 Å². The topological polar surface area (TPSA) is 77.6 Å². The van der Waals surface area contributed by atoms with Gasteiger partial charge in [-0.25, -0.2) is 4.79 Å². The summed E-state index contributed by atoms with van der Waals surface area (Å²) in [4.78, 5) is 28.2. The van der Waals surface area contributed by atoms with Crippen molar-refractivity contribution in [2.75, 3.05) is 20.8 Å². The number of benzene rings is 1. The Morgan fingerprint density at radius 1 is 1.30 bits per heavy atom. The monoisotopic (exact) mass is 369 g/mol. The highest BCUT2D eigenvalue weighted by Crippen LogP contribution is 2.39. The highest BCUT2D eigenvalue weighted by atomic mass is 16.5. The minimum atomic E-state index is -0.481. The van der Waals surface area contributed by atoms with Crippen molar-refractivity contribution in [1.82, 2.24) is 4.98 Å². The Kier molecular flexibility index (Phi) is 5.35. The van der Waals surface area contributed by atoms with Crippen molar-refractivity contribution in [2.45, 2.75) is 25.7 Å². The molecule has 0 unspecified atom stereocenters. The molecule has 1 aromatic carbocycles. The van der Waals surface area contributed by atoms with Crippen LogP contribution in [0.25, 0.3) is 0 Å². The van der Waals surface area contributed by atoms with Crippen LogP contribution < -0.4 is 9.47 Å². The standard InChI is InChI=1S/C21H23NO5/c1-5-8-27-21(24)20-12(2)19-16(22-20)9-13(10-17(19)23)15-11-14(25-3)6-7-18(15)26-4/h5-7,11,13,22H,1,8-10H2,2-4H3/t13-/m0/s1. The number of hydrogen-bond acceptors (Lipinski definition) is 5. The first-order valence-electron chi connectivity index (χ1n) is 8.74. The van der Waals surface area contributed by atoms with Crippen LogP contribution in [0.1, 0.15) is 50.0 Å². The zero-order valence-electron chi connectivity index (χ0n) is 15.8. The molecule has 142 valence electrons. The lowest BCUT2D eigenvalue weighted by Crippen LogP contribution is -2.19. The maximum absolute atomic E-state index is 12.8. The van der Waals surface area contributed by atoms with E-state index in [2.05, 4.69) is 11.6 Å². The van der Waals surface area contributed by atoms with E-state index >= 15 is 0 Å². The van der Waals surface area contributed by atoms with E-state index in [1.807, 2.05) is 18.2 Å². The molecule has 2 aromatic rings. The number of ketones is 1. The second kappa shape index (κ2) is 7.70. The van der Waals surface area contributed by atoms with Gasteiger partial charge in [-0.2, -0.15) is 0 Å². The molecule has 6 heteroatoms. The van der Waals surface area contributed by atoms with Gasteiger partial charge in [0.1, 0.15) is 23.8 Å². The third-order valence-electron chi connectivity index (χ3n) is 4.90. The molecule has 1 aliphatic rings. The van der Waals surface area contributed by atoms with Crippen molar-refractivity contribution in [3.05, 3.63) is 58.9 Å². The number of ether oxygens (including phenoxy) is 3. The first-order chi connectivity index (χ1) is 13.0. The smallest absolute Gasteiger partial charge is 0.355 e. The van der Waals surface area contributed by atoms with Crippen LogP contribution in [-0.2, 0) is 11.2 Å². The number of carbonyl (C=O) groups is 2. The van der Waals surface area contributed by atoms with Crippen LogP contribution in [0.2, 0.25) is 0 Å². The molecule has 0 amide bonds. The van der Waals surface area contributed by atoms with Gasteiger partial charge in [-0.05, 0) is 37.1 Å². The zero-order chi connectivity index (χ0) is 19.6. The Balaban J connectivity index is 1.96. The summed E-state index contributed by atoms with van der Waals surface area (Å²) >= 11 is 0. The summed E-state index contributed by atoms with van der Waals surface area (Å²) in [6.07, 6.45) is 2.45. The number of aromatic amines is 1. The molecule has 1 aliphatic carbocycles. The minimum Gasteiger partial charge on any atom is -0.497 e. The maximum atomic E-state index is 12.8. The van der Waals surface area contributed by atoms with Gasteiger partial charge < -0.3 is 19.2 Å². The summed E-state index contributed by atoms with van der Waals surface area (Å²) in [5, 5.41) is 0. The molecule has 0 bridgehead atoms. The Morgan fingerprint density at radius 3 is 2.74 bits per heavy atom. The van der Waals surface area contributed by atoms with Gasteiger partial charge in [0.2, 0.25) is 0 Å². The number of rotatable bonds is 6. The predicted octanol–water partition coefficient (Wildman–Crippen LogP) is 3.60. The van der Waals surface area contributed by atoms with Crippen molar-refractivity contribution in [3.8, 4) is 11.5 Å². The average Bonchev–Trinajstić information content (AvgIpc) is 3.02. The molecule has 27 heavy (non-hydrogen) atoms. The molecule has 1 N–H and O–H groups in total. The summed E-state index contributed by atoms with van der Waals surface area (Å²) < 4.78 is 15.9. The van der Waals surface area contributed by atoms with Crippen LogP contribution in [-0.4, -0.2) is 37.6 Å². The van der Waals surface area contributed by atoms with Crippen molar-refractivity contribution in [3.63, 3.8) is 0 Å². The van der Waals surface area contributed by atoms with Gasteiger partial charge in [0, 0.05) is 29.2 Å². The summed E-state index contributed by atoms with van der Waals surface area (Å²) in [6, 6.07) is 5.56. The van der Waals surface area contributed by atoms with Gasteiger partial charge in [-0.15, -0.1) is 0 Å². The second-order valence-corrected chi connectivity index (χ2v) is 6.50. The summed E-state index contributed by atoms with van der Waals surface area (Å²) in [7, 11) is 3.21. The minimum absolute atomic E-state index is 0.00245. The number of methoxy groups -OCH3 is 2. The average molecular weight is 369 g/mol. The highest BCUT2D eigenvalue weighted by Gasteiger charge is 2.33. The second-order valence-electron chi connectivity index (χ2n) is 6.50. The number of nitrogens with one attached hydrogen (secondary N) is 1. The van der Waals surface area contributed by atoms with Crippen LogP contribution in [0.15, 0.2) is 30.9 Å². The Bertz CT molecular complexity index is 896. The van der Waals surface area contributed by atoms with E-state index in [0.717, 1.165) is 11.3 Å². The fourth-order valence-corrected chi connectivity index (χ4v) is 3.62. The van der Waals surface area contributed by atoms with Gasteiger partial charge in [0.05, 0.1) is 14.2 Å². The van der Waals surface area contributed by atoms with Gasteiger partial charge in [-0.3, -0.25) is 4.79 Å².